The van der Waals surface area contributed by atoms with E-state index in [-0.39, 0.29) is 0 Å². The van der Waals surface area contributed by atoms with Gasteiger partial charge in [0.05, 0.1) is 16.4 Å². The third kappa shape index (κ3) is 7.14. The first-order chi connectivity index (χ1) is 11.8. The fraction of sp³-hybridized carbons (Fsp3) is 0.158. The molecule has 25 heavy (non-hydrogen) atoms. The van der Waals surface area contributed by atoms with Crippen molar-refractivity contribution in [2.24, 2.45) is 0 Å². The number of benzene rings is 2. The highest BCUT2D eigenvalue weighted by molar-refractivity contribution is 7.85. The molecule has 2 aromatic carbocycles. The fourth-order valence-corrected chi connectivity index (χ4v) is 2.94. The van der Waals surface area contributed by atoms with Crippen LogP contribution in [-0.4, -0.2) is 27.4 Å². The molecule has 2 aromatic rings. The molecule has 0 saturated carbocycles. The molecule has 6 heteroatoms. The van der Waals surface area contributed by atoms with Crippen LogP contribution in [0, 0.1) is 6.92 Å². The van der Waals surface area contributed by atoms with Gasteiger partial charge in [0.15, 0.2) is 0 Å². The summed E-state index contributed by atoms with van der Waals surface area (Å²) in [6, 6.07) is 13.8. The lowest BCUT2D eigenvalue weighted by Gasteiger charge is -2.03. The Hall–Kier alpha value is -2.73. The second-order valence-corrected chi connectivity index (χ2v) is 6.80. The number of aromatic carboxylic acids is 1. The highest BCUT2D eigenvalue weighted by Crippen LogP contribution is 2.13. The van der Waals surface area contributed by atoms with Crippen LogP contribution in [0.25, 0.3) is 0 Å². The molecule has 2 N–H and O–H groups in total. The average molecular weight is 359 g/mol. The Balaban J connectivity index is 0.000000271. The maximum Gasteiger partial charge on any atom is 0.335 e. The van der Waals surface area contributed by atoms with E-state index >= 15 is 0 Å². The summed E-state index contributed by atoms with van der Waals surface area (Å²) in [6.07, 6.45) is 0.611. The topological polar surface area (TPSA) is 83.5 Å². The molecule has 2 rings (SSSR count). The zero-order chi connectivity index (χ0) is 18.8. The molecule has 0 aliphatic carbocycles. The molecule has 0 aliphatic rings. The van der Waals surface area contributed by atoms with Crippen LogP contribution in [0.2, 0.25) is 0 Å². The van der Waals surface area contributed by atoms with Crippen molar-refractivity contribution in [3.05, 3.63) is 71.8 Å². The van der Waals surface area contributed by atoms with Crippen molar-refractivity contribution in [2.75, 3.05) is 11.1 Å². The van der Waals surface area contributed by atoms with Crippen LogP contribution in [0.1, 0.15) is 22.8 Å². The van der Waals surface area contributed by atoms with Crippen molar-refractivity contribution >= 4 is 28.9 Å². The van der Waals surface area contributed by atoms with Gasteiger partial charge in [0.2, 0.25) is 6.41 Å². The molecule has 0 fully saturated rings. The number of anilines is 1. The summed E-state index contributed by atoms with van der Waals surface area (Å²) in [6.45, 7) is 7.34. The van der Waals surface area contributed by atoms with Gasteiger partial charge in [-0.2, -0.15) is 0 Å². The van der Waals surface area contributed by atoms with E-state index in [1.165, 1.54) is 0 Å². The van der Waals surface area contributed by atoms with E-state index in [0.717, 1.165) is 16.0 Å². The predicted molar refractivity (Wildman–Crippen MR) is 100 cm³/mol. The molecule has 0 aromatic heterocycles. The molecule has 5 nitrogen and oxygen atoms in total. The van der Waals surface area contributed by atoms with E-state index < -0.39 is 16.8 Å². The van der Waals surface area contributed by atoms with Crippen LogP contribution in [0.15, 0.2) is 65.6 Å². The normalized spacial score (nSPS) is 10.8. The van der Waals surface area contributed by atoms with Crippen LogP contribution in [-0.2, 0) is 15.6 Å². The van der Waals surface area contributed by atoms with Crippen molar-refractivity contribution in [2.45, 2.75) is 18.7 Å². The van der Waals surface area contributed by atoms with Crippen molar-refractivity contribution < 1.29 is 18.9 Å². The van der Waals surface area contributed by atoms with Gasteiger partial charge in [0.1, 0.15) is 0 Å². The quantitative estimate of drug-likeness (QED) is 0.609. The van der Waals surface area contributed by atoms with E-state index in [2.05, 4.69) is 11.9 Å². The van der Waals surface area contributed by atoms with Gasteiger partial charge >= 0.3 is 5.97 Å². The molecular weight excluding hydrogens is 338 g/mol. The van der Waals surface area contributed by atoms with Gasteiger partial charge in [-0.15, -0.1) is 0 Å². The lowest BCUT2D eigenvalue weighted by Crippen LogP contribution is -1.99. The highest BCUT2D eigenvalue weighted by atomic mass is 32.2. The first-order valence-corrected chi connectivity index (χ1v) is 8.79. The Bertz CT molecular complexity index is 769. The average Bonchev–Trinajstić information content (AvgIpc) is 2.56. The Morgan fingerprint density at radius 1 is 1.20 bits per heavy atom. The minimum Gasteiger partial charge on any atom is -0.478 e. The van der Waals surface area contributed by atoms with E-state index in [1.807, 2.05) is 13.0 Å². The van der Waals surface area contributed by atoms with Crippen molar-refractivity contribution in [1.82, 2.24) is 0 Å². The lowest BCUT2D eigenvalue weighted by molar-refractivity contribution is -0.105. The minimum absolute atomic E-state index is 0.377. The van der Waals surface area contributed by atoms with E-state index in [9.17, 15) is 13.8 Å². The molecule has 1 unspecified atom stereocenters. The summed E-state index contributed by atoms with van der Waals surface area (Å²) in [5, 5.41) is 11.1. The first kappa shape index (κ1) is 20.3. The van der Waals surface area contributed by atoms with E-state index in [1.54, 1.807) is 49.4 Å². The summed E-state index contributed by atoms with van der Waals surface area (Å²) in [5.41, 5.74) is 2.77. The number of carbonyl (C=O) groups excluding carboxylic acids is 1. The van der Waals surface area contributed by atoms with Crippen LogP contribution in [0.4, 0.5) is 5.69 Å². The molecule has 132 valence electrons. The maximum absolute atomic E-state index is 11.7. The number of rotatable bonds is 6. The number of nitrogens with one attached hydrogen (secondary N) is 1. The fourth-order valence-electron chi connectivity index (χ4n) is 1.89. The van der Waals surface area contributed by atoms with Crippen molar-refractivity contribution in [3.63, 3.8) is 0 Å². The first-order valence-electron chi connectivity index (χ1n) is 7.47. The van der Waals surface area contributed by atoms with Gasteiger partial charge in [-0.25, -0.2) is 4.79 Å². The van der Waals surface area contributed by atoms with Gasteiger partial charge < -0.3 is 10.4 Å². The standard InChI is InChI=1S/C11H13NO2S.C8H8O2/c1-9(2)7-15(14)11-5-3-10(4-6-11)12-8-13;1-6-4-2-3-5-7(6)8(9)10/h3-6,8H,1,7H2,2H3,(H,12,13);2-5H,1H3,(H,9,10). The van der Waals surface area contributed by atoms with Crippen molar-refractivity contribution in [3.8, 4) is 0 Å². The molecule has 0 radical (unpaired) electrons. The second-order valence-electron chi connectivity index (χ2n) is 5.35. The van der Waals surface area contributed by atoms with Crippen LogP contribution in [0.5, 0.6) is 0 Å². The Morgan fingerprint density at radius 2 is 1.80 bits per heavy atom. The zero-order valence-corrected chi connectivity index (χ0v) is 15.0. The molecular formula is C19H21NO4S. The molecule has 1 atom stereocenters. The van der Waals surface area contributed by atoms with Crippen LogP contribution in [0.3, 0.4) is 0 Å². The number of carbonyl (C=O) groups is 2. The Morgan fingerprint density at radius 3 is 2.24 bits per heavy atom. The van der Waals surface area contributed by atoms with E-state index in [4.69, 9.17) is 5.11 Å². The number of hydrogen-bond donors (Lipinski definition) is 2. The number of carboxylic acid groups (broad SMARTS) is 1. The zero-order valence-electron chi connectivity index (χ0n) is 14.2. The third-order valence-corrected chi connectivity index (χ3v) is 4.65. The molecule has 0 bridgehead atoms. The predicted octanol–water partition coefficient (Wildman–Crippen LogP) is 3.63. The number of aryl methyl sites for hydroxylation is 1. The van der Waals surface area contributed by atoms with Gasteiger partial charge in [-0.3, -0.25) is 9.00 Å². The van der Waals surface area contributed by atoms with Crippen LogP contribution < -0.4 is 5.32 Å². The van der Waals surface area contributed by atoms with E-state index in [0.29, 0.717) is 23.4 Å². The van der Waals surface area contributed by atoms with Gasteiger partial charge in [0, 0.05) is 16.3 Å². The Labute approximate surface area is 149 Å². The number of hydrogen-bond acceptors (Lipinski definition) is 3. The third-order valence-electron chi connectivity index (χ3n) is 3.10. The summed E-state index contributed by atoms with van der Waals surface area (Å²) in [4.78, 5) is 21.3. The Kier molecular flexibility index (Phi) is 8.29. The second kappa shape index (κ2) is 10.2. The molecule has 0 aliphatic heterocycles. The van der Waals surface area contributed by atoms with Gasteiger partial charge in [0.25, 0.3) is 0 Å². The SMILES string of the molecule is C=C(C)CS(=O)c1ccc(NC=O)cc1.Cc1ccccc1C(=O)O. The minimum atomic E-state index is -1.04. The van der Waals surface area contributed by atoms with Gasteiger partial charge in [-0.05, 0) is 49.7 Å². The molecule has 1 amide bonds. The van der Waals surface area contributed by atoms with Gasteiger partial charge in [-0.1, -0.05) is 30.4 Å². The smallest absolute Gasteiger partial charge is 0.335 e. The largest absolute Gasteiger partial charge is 0.478 e. The van der Waals surface area contributed by atoms with Crippen LogP contribution >= 0.6 is 0 Å². The molecule has 0 heterocycles. The summed E-state index contributed by atoms with van der Waals surface area (Å²) >= 11 is 0. The highest BCUT2D eigenvalue weighted by Gasteiger charge is 2.04. The monoisotopic (exact) mass is 359 g/mol. The maximum atomic E-state index is 11.7. The summed E-state index contributed by atoms with van der Waals surface area (Å²) in [7, 11) is -1.04. The number of carboxylic acids is 1. The van der Waals surface area contributed by atoms with Crippen molar-refractivity contribution in [1.29, 1.82) is 0 Å². The molecule has 0 spiro atoms. The summed E-state index contributed by atoms with van der Waals surface area (Å²) < 4.78 is 11.7. The summed E-state index contributed by atoms with van der Waals surface area (Å²) in [5.74, 6) is -0.390. The lowest BCUT2D eigenvalue weighted by atomic mass is 10.1. The number of amides is 1. The molecule has 0 saturated heterocycles.